The van der Waals surface area contributed by atoms with Crippen molar-refractivity contribution < 1.29 is 14.7 Å². The Morgan fingerprint density at radius 2 is 1.52 bits per heavy atom. The molecule has 1 unspecified atom stereocenters. The first kappa shape index (κ1) is 18.7. The van der Waals surface area contributed by atoms with Crippen molar-refractivity contribution >= 4 is 17.5 Å². The first-order valence-electron chi connectivity index (χ1n) is 8.34. The van der Waals surface area contributed by atoms with E-state index < -0.39 is 6.10 Å². The Labute approximate surface area is 148 Å². The fourth-order valence-corrected chi connectivity index (χ4v) is 2.47. The zero-order valence-electron chi connectivity index (χ0n) is 14.8. The van der Waals surface area contributed by atoms with E-state index in [1.807, 2.05) is 44.2 Å². The summed E-state index contributed by atoms with van der Waals surface area (Å²) in [5, 5.41) is 12.4. The Kier molecular flexibility index (Phi) is 6.31. The van der Waals surface area contributed by atoms with Gasteiger partial charge in [0.25, 0.3) is 11.8 Å². The van der Waals surface area contributed by atoms with Gasteiger partial charge in [-0.15, -0.1) is 0 Å². The smallest absolute Gasteiger partial charge is 0.255 e. The highest BCUT2D eigenvalue weighted by Crippen LogP contribution is 2.13. The number of rotatable bonds is 6. The third-order valence-electron chi connectivity index (χ3n) is 3.77. The summed E-state index contributed by atoms with van der Waals surface area (Å²) in [6.07, 6.45) is -0.595. The summed E-state index contributed by atoms with van der Waals surface area (Å²) >= 11 is 0. The number of aliphatic hydroxyl groups is 1. The average Bonchev–Trinajstić information content (AvgIpc) is 2.59. The van der Waals surface area contributed by atoms with E-state index in [0.717, 1.165) is 5.69 Å². The van der Waals surface area contributed by atoms with Crippen LogP contribution in [0, 0.1) is 0 Å². The minimum Gasteiger partial charge on any atom is -0.392 e. The van der Waals surface area contributed by atoms with Gasteiger partial charge >= 0.3 is 0 Å². The quantitative estimate of drug-likeness (QED) is 0.848. The number of hydrogen-bond acceptors (Lipinski definition) is 3. The van der Waals surface area contributed by atoms with Gasteiger partial charge in [0.1, 0.15) is 0 Å². The molecular formula is C20H24N2O3. The molecule has 0 saturated heterocycles. The lowest BCUT2D eigenvalue weighted by atomic mass is 10.1. The molecule has 0 spiro atoms. The van der Waals surface area contributed by atoms with Crippen LogP contribution in [0.15, 0.2) is 54.6 Å². The number of benzene rings is 2. The van der Waals surface area contributed by atoms with Crippen molar-refractivity contribution in [2.24, 2.45) is 0 Å². The fourth-order valence-electron chi connectivity index (χ4n) is 2.47. The number of hydrogen-bond donors (Lipinski definition) is 2. The maximum atomic E-state index is 12.6. The summed E-state index contributed by atoms with van der Waals surface area (Å²) in [5.41, 5.74) is 1.69. The minimum absolute atomic E-state index is 0.0249. The highest BCUT2D eigenvalue weighted by molar-refractivity contribution is 6.05. The van der Waals surface area contributed by atoms with Gasteiger partial charge in [0.15, 0.2) is 0 Å². The topological polar surface area (TPSA) is 69.6 Å². The highest BCUT2D eigenvalue weighted by atomic mass is 16.3. The van der Waals surface area contributed by atoms with Crippen molar-refractivity contribution in [1.82, 2.24) is 4.90 Å². The van der Waals surface area contributed by atoms with Crippen molar-refractivity contribution in [3.63, 3.8) is 0 Å². The van der Waals surface area contributed by atoms with Crippen LogP contribution in [-0.4, -0.2) is 40.5 Å². The predicted octanol–water partition coefficient (Wildman–Crippen LogP) is 3.17. The highest BCUT2D eigenvalue weighted by Gasteiger charge is 2.20. The van der Waals surface area contributed by atoms with E-state index >= 15 is 0 Å². The van der Waals surface area contributed by atoms with Gasteiger partial charge in [-0.05, 0) is 57.2 Å². The van der Waals surface area contributed by atoms with Gasteiger partial charge in [-0.2, -0.15) is 0 Å². The Bertz CT molecular complexity index is 709. The van der Waals surface area contributed by atoms with Crippen molar-refractivity contribution in [2.75, 3.05) is 11.9 Å². The summed E-state index contributed by atoms with van der Waals surface area (Å²) < 4.78 is 0. The third kappa shape index (κ3) is 5.16. The molecule has 2 amide bonds. The van der Waals surface area contributed by atoms with E-state index in [9.17, 15) is 14.7 Å². The predicted molar refractivity (Wildman–Crippen MR) is 98.7 cm³/mol. The number of amides is 2. The second-order valence-corrected chi connectivity index (χ2v) is 6.30. The molecule has 0 bridgehead atoms. The first-order chi connectivity index (χ1) is 11.9. The Hall–Kier alpha value is -2.66. The normalized spacial score (nSPS) is 11.9. The standard InChI is InChI=1S/C20H24N2O3/c1-14(2)22(13-15(3)23)20(25)17-11-9-16(10-12-17)19(24)21-18-7-5-4-6-8-18/h4-12,14-15,23H,13H2,1-3H3,(H,21,24). The number of anilines is 1. The van der Waals surface area contributed by atoms with Crippen LogP contribution in [0.25, 0.3) is 0 Å². The van der Waals surface area contributed by atoms with E-state index in [4.69, 9.17) is 0 Å². The number of nitrogens with one attached hydrogen (secondary N) is 1. The van der Waals surface area contributed by atoms with Crippen molar-refractivity contribution in [1.29, 1.82) is 0 Å². The summed E-state index contributed by atoms with van der Waals surface area (Å²) in [6.45, 7) is 5.73. The maximum absolute atomic E-state index is 12.6. The molecule has 0 radical (unpaired) electrons. The zero-order valence-corrected chi connectivity index (χ0v) is 14.8. The molecular weight excluding hydrogens is 316 g/mol. The van der Waals surface area contributed by atoms with Gasteiger partial charge in [0.2, 0.25) is 0 Å². The average molecular weight is 340 g/mol. The first-order valence-corrected chi connectivity index (χ1v) is 8.34. The van der Waals surface area contributed by atoms with E-state index in [2.05, 4.69) is 5.32 Å². The van der Waals surface area contributed by atoms with Gasteiger partial charge in [-0.3, -0.25) is 9.59 Å². The molecule has 0 aliphatic carbocycles. The lowest BCUT2D eigenvalue weighted by molar-refractivity contribution is 0.0578. The molecule has 0 saturated carbocycles. The van der Waals surface area contributed by atoms with E-state index in [0.29, 0.717) is 11.1 Å². The van der Waals surface area contributed by atoms with Crippen LogP contribution in [0.1, 0.15) is 41.5 Å². The van der Waals surface area contributed by atoms with Crippen LogP contribution in [0.5, 0.6) is 0 Å². The Morgan fingerprint density at radius 3 is 2.04 bits per heavy atom. The van der Waals surface area contributed by atoms with E-state index in [1.54, 1.807) is 36.1 Å². The second kappa shape index (κ2) is 8.44. The molecule has 0 aliphatic rings. The molecule has 0 heterocycles. The van der Waals surface area contributed by atoms with Crippen molar-refractivity contribution in [2.45, 2.75) is 32.9 Å². The van der Waals surface area contributed by atoms with Crippen LogP contribution >= 0.6 is 0 Å². The summed E-state index contributed by atoms with van der Waals surface area (Å²) in [7, 11) is 0. The molecule has 0 fully saturated rings. The van der Waals surface area contributed by atoms with Gasteiger partial charge in [-0.25, -0.2) is 0 Å². The molecule has 2 rings (SSSR count). The number of aliphatic hydroxyl groups excluding tert-OH is 1. The summed E-state index contributed by atoms with van der Waals surface area (Å²) in [4.78, 5) is 26.5. The Morgan fingerprint density at radius 1 is 0.960 bits per heavy atom. The van der Waals surface area contributed by atoms with E-state index in [1.165, 1.54) is 0 Å². The SMILES string of the molecule is CC(O)CN(C(=O)c1ccc(C(=O)Nc2ccccc2)cc1)C(C)C. The number of carbonyl (C=O) groups is 2. The molecule has 132 valence electrons. The molecule has 25 heavy (non-hydrogen) atoms. The fraction of sp³-hybridized carbons (Fsp3) is 0.300. The van der Waals surface area contributed by atoms with Gasteiger partial charge in [0.05, 0.1) is 6.10 Å². The molecule has 5 nitrogen and oxygen atoms in total. The summed E-state index contributed by atoms with van der Waals surface area (Å²) in [6, 6.07) is 15.7. The van der Waals surface area contributed by atoms with Crippen LogP contribution in [0.2, 0.25) is 0 Å². The summed E-state index contributed by atoms with van der Waals surface area (Å²) in [5.74, 6) is -0.388. The largest absolute Gasteiger partial charge is 0.392 e. The van der Waals surface area contributed by atoms with Crippen LogP contribution in [0.3, 0.4) is 0 Å². The monoisotopic (exact) mass is 340 g/mol. The van der Waals surface area contributed by atoms with Crippen LogP contribution < -0.4 is 5.32 Å². The lowest BCUT2D eigenvalue weighted by Gasteiger charge is -2.28. The van der Waals surface area contributed by atoms with Gasteiger partial charge < -0.3 is 15.3 Å². The molecule has 0 aliphatic heterocycles. The third-order valence-corrected chi connectivity index (χ3v) is 3.77. The molecule has 2 N–H and O–H groups in total. The second-order valence-electron chi connectivity index (χ2n) is 6.30. The van der Waals surface area contributed by atoms with Crippen LogP contribution in [-0.2, 0) is 0 Å². The van der Waals surface area contributed by atoms with Crippen LogP contribution in [0.4, 0.5) is 5.69 Å². The molecule has 2 aromatic rings. The molecule has 2 aromatic carbocycles. The number of nitrogens with zero attached hydrogens (tertiary/aromatic N) is 1. The minimum atomic E-state index is -0.595. The molecule has 5 heteroatoms. The lowest BCUT2D eigenvalue weighted by Crippen LogP contribution is -2.41. The van der Waals surface area contributed by atoms with E-state index in [-0.39, 0.29) is 24.4 Å². The maximum Gasteiger partial charge on any atom is 0.255 e. The van der Waals surface area contributed by atoms with Gasteiger partial charge in [0, 0.05) is 29.4 Å². The number of para-hydroxylation sites is 1. The Balaban J connectivity index is 2.10. The van der Waals surface area contributed by atoms with Gasteiger partial charge in [-0.1, -0.05) is 18.2 Å². The molecule has 1 atom stereocenters. The molecule has 0 aromatic heterocycles. The van der Waals surface area contributed by atoms with Crippen molar-refractivity contribution in [3.8, 4) is 0 Å². The number of carbonyl (C=O) groups excluding carboxylic acids is 2. The zero-order chi connectivity index (χ0) is 18.4. The van der Waals surface area contributed by atoms with Crippen molar-refractivity contribution in [3.05, 3.63) is 65.7 Å².